The maximum Gasteiger partial charge on any atom is 0.164 e. The van der Waals surface area contributed by atoms with Crippen LogP contribution in [-0.2, 0) is 6.42 Å². The highest BCUT2D eigenvalue weighted by molar-refractivity contribution is 6.07. The Morgan fingerprint density at radius 1 is 0.298 bits per heavy atom. The molecule has 0 N–H and O–H groups in total. The fourth-order valence-corrected chi connectivity index (χ4v) is 8.53. The highest BCUT2D eigenvalue weighted by Crippen LogP contribution is 2.48. The van der Waals surface area contributed by atoms with E-state index in [2.05, 4.69) is 140 Å². The van der Waals surface area contributed by atoms with Crippen molar-refractivity contribution < 1.29 is 0 Å². The molecular weight excluding hydrogens is 691 g/mol. The van der Waals surface area contributed by atoms with E-state index >= 15 is 0 Å². The van der Waals surface area contributed by atoms with Crippen molar-refractivity contribution >= 4 is 21.5 Å². The zero-order valence-corrected chi connectivity index (χ0v) is 31.1. The Kier molecular flexibility index (Phi) is 7.89. The van der Waals surface area contributed by atoms with Gasteiger partial charge in [0.1, 0.15) is 0 Å². The van der Waals surface area contributed by atoms with E-state index in [0.29, 0.717) is 17.5 Å². The van der Waals surface area contributed by atoms with Crippen molar-refractivity contribution in [3.63, 3.8) is 0 Å². The van der Waals surface area contributed by atoms with E-state index in [-0.39, 0.29) is 0 Å². The van der Waals surface area contributed by atoms with Crippen molar-refractivity contribution in [3.05, 3.63) is 211 Å². The topological polar surface area (TPSA) is 38.7 Å². The van der Waals surface area contributed by atoms with Gasteiger partial charge in [-0.1, -0.05) is 188 Å². The van der Waals surface area contributed by atoms with E-state index in [4.69, 9.17) is 15.0 Å². The lowest BCUT2D eigenvalue weighted by atomic mass is 9.88. The zero-order valence-electron chi connectivity index (χ0n) is 31.1. The Bertz CT molecular complexity index is 3060. The van der Waals surface area contributed by atoms with E-state index in [9.17, 15) is 0 Å². The second-order valence-electron chi connectivity index (χ2n) is 14.8. The molecule has 3 heteroatoms. The summed E-state index contributed by atoms with van der Waals surface area (Å²) in [6.07, 6.45) is 0.938. The van der Waals surface area contributed by atoms with E-state index < -0.39 is 0 Å². The van der Waals surface area contributed by atoms with Crippen LogP contribution in [0.2, 0.25) is 0 Å². The third kappa shape index (κ3) is 5.89. The van der Waals surface area contributed by atoms with E-state index in [1.807, 2.05) is 60.7 Å². The SMILES string of the molecule is c1ccc(-c2nc(-c3ccccc3)nc(-c3ccc(-c4ccc(-c5cc6c(c7ccccc57)Cc5cccc(-c7ccc8ccccc8c7)c5-6)cc4)cc3)n2)cc1. The van der Waals surface area contributed by atoms with Gasteiger partial charge < -0.3 is 0 Å². The minimum absolute atomic E-state index is 0.651. The second-order valence-corrected chi connectivity index (χ2v) is 14.8. The van der Waals surface area contributed by atoms with Crippen molar-refractivity contribution in [1.29, 1.82) is 0 Å². The molecule has 0 bridgehead atoms. The summed E-state index contributed by atoms with van der Waals surface area (Å²) in [5, 5.41) is 5.14. The van der Waals surface area contributed by atoms with Crippen molar-refractivity contribution in [3.8, 4) is 78.7 Å². The van der Waals surface area contributed by atoms with Crippen LogP contribution in [0.15, 0.2) is 200 Å². The van der Waals surface area contributed by atoms with Crippen LogP contribution in [0.3, 0.4) is 0 Å². The maximum atomic E-state index is 4.92. The number of aromatic nitrogens is 3. The summed E-state index contributed by atoms with van der Waals surface area (Å²) >= 11 is 0. The molecular formula is C54H35N3. The number of hydrogen-bond acceptors (Lipinski definition) is 3. The monoisotopic (exact) mass is 725 g/mol. The lowest BCUT2D eigenvalue weighted by Crippen LogP contribution is -2.00. The predicted octanol–water partition coefficient (Wildman–Crippen LogP) is 13.8. The molecule has 0 saturated carbocycles. The molecule has 0 spiro atoms. The largest absolute Gasteiger partial charge is 0.208 e. The molecule has 0 aliphatic heterocycles. The summed E-state index contributed by atoms with van der Waals surface area (Å²) in [5.74, 6) is 1.97. The number of hydrogen-bond donors (Lipinski definition) is 0. The van der Waals surface area contributed by atoms with Gasteiger partial charge in [-0.3, -0.25) is 0 Å². The van der Waals surface area contributed by atoms with Gasteiger partial charge in [0, 0.05) is 16.7 Å². The molecule has 11 rings (SSSR count). The fraction of sp³-hybridized carbons (Fsp3) is 0.0185. The molecule has 0 fully saturated rings. The summed E-state index contributed by atoms with van der Waals surface area (Å²) in [6.45, 7) is 0. The Balaban J connectivity index is 0.949. The summed E-state index contributed by atoms with van der Waals surface area (Å²) in [5.41, 5.74) is 15.7. The first-order valence-electron chi connectivity index (χ1n) is 19.5. The molecule has 57 heavy (non-hydrogen) atoms. The lowest BCUT2D eigenvalue weighted by molar-refractivity contribution is 1.07. The van der Waals surface area contributed by atoms with Gasteiger partial charge in [0.2, 0.25) is 0 Å². The number of benzene rings is 9. The first-order valence-corrected chi connectivity index (χ1v) is 19.5. The second kappa shape index (κ2) is 13.7. The van der Waals surface area contributed by atoms with Crippen LogP contribution in [0.1, 0.15) is 11.1 Å². The van der Waals surface area contributed by atoms with Crippen LogP contribution in [0, 0.1) is 0 Å². The minimum atomic E-state index is 0.651. The molecule has 9 aromatic carbocycles. The normalized spacial score (nSPS) is 11.8. The van der Waals surface area contributed by atoms with Crippen LogP contribution < -0.4 is 0 Å². The van der Waals surface area contributed by atoms with Crippen molar-refractivity contribution in [2.45, 2.75) is 6.42 Å². The van der Waals surface area contributed by atoms with Gasteiger partial charge in [-0.05, 0) is 95.7 Å². The van der Waals surface area contributed by atoms with Crippen molar-refractivity contribution in [2.75, 3.05) is 0 Å². The third-order valence-corrected chi connectivity index (χ3v) is 11.4. The molecule has 3 nitrogen and oxygen atoms in total. The van der Waals surface area contributed by atoms with Crippen LogP contribution in [-0.4, -0.2) is 15.0 Å². The highest BCUT2D eigenvalue weighted by Gasteiger charge is 2.26. The Labute approximate surface area is 331 Å². The lowest BCUT2D eigenvalue weighted by Gasteiger charge is -2.15. The standard InChI is InChI=1S/C54H35N3/c1-3-13-39(14-4-1)52-55-53(40-15-5-2-6-16-40)57-54(56-52)41-29-24-37(25-30-41)36-22-27-38(28-23-36)48-34-50-49(47-20-10-9-19-46(47)48)33-44-18-11-21-45(51(44)50)43-31-26-35-12-7-8-17-42(35)32-43/h1-32,34H,33H2. The molecule has 0 atom stereocenters. The van der Waals surface area contributed by atoms with Crippen LogP contribution >= 0.6 is 0 Å². The average molecular weight is 726 g/mol. The number of rotatable bonds is 6. The Morgan fingerprint density at radius 3 is 1.46 bits per heavy atom. The van der Waals surface area contributed by atoms with Crippen LogP contribution in [0.5, 0.6) is 0 Å². The van der Waals surface area contributed by atoms with Gasteiger partial charge in [-0.25, -0.2) is 15.0 Å². The molecule has 0 radical (unpaired) electrons. The van der Waals surface area contributed by atoms with Crippen molar-refractivity contribution in [1.82, 2.24) is 15.0 Å². The molecule has 0 unspecified atom stereocenters. The number of fused-ring (bicyclic) bond motifs is 6. The Morgan fingerprint density at radius 2 is 0.807 bits per heavy atom. The quantitative estimate of drug-likeness (QED) is 0.171. The van der Waals surface area contributed by atoms with Crippen LogP contribution in [0.4, 0.5) is 0 Å². The molecule has 0 amide bonds. The van der Waals surface area contributed by atoms with Crippen molar-refractivity contribution in [2.24, 2.45) is 0 Å². The van der Waals surface area contributed by atoms with Gasteiger partial charge >= 0.3 is 0 Å². The van der Waals surface area contributed by atoms with E-state index in [1.165, 1.54) is 66.1 Å². The first kappa shape index (κ1) is 32.9. The van der Waals surface area contributed by atoms with Gasteiger partial charge in [0.05, 0.1) is 0 Å². The smallest absolute Gasteiger partial charge is 0.164 e. The van der Waals surface area contributed by atoms with E-state index in [1.54, 1.807) is 0 Å². The predicted molar refractivity (Wildman–Crippen MR) is 236 cm³/mol. The summed E-state index contributed by atoms with van der Waals surface area (Å²) in [7, 11) is 0. The van der Waals surface area contributed by atoms with Gasteiger partial charge in [-0.15, -0.1) is 0 Å². The van der Waals surface area contributed by atoms with Gasteiger partial charge in [0.25, 0.3) is 0 Å². The fourth-order valence-electron chi connectivity index (χ4n) is 8.53. The maximum absolute atomic E-state index is 4.92. The molecule has 1 heterocycles. The molecule has 1 aromatic heterocycles. The minimum Gasteiger partial charge on any atom is -0.208 e. The molecule has 266 valence electrons. The summed E-state index contributed by atoms with van der Waals surface area (Å²) in [4.78, 5) is 14.7. The summed E-state index contributed by atoms with van der Waals surface area (Å²) < 4.78 is 0. The van der Waals surface area contributed by atoms with E-state index in [0.717, 1.165) is 34.2 Å². The summed E-state index contributed by atoms with van der Waals surface area (Å²) in [6, 6.07) is 71.4. The molecule has 1 aliphatic rings. The zero-order chi connectivity index (χ0) is 37.7. The number of nitrogens with zero attached hydrogens (tertiary/aromatic N) is 3. The Hall–Kier alpha value is -7.49. The average Bonchev–Trinajstić information content (AvgIpc) is 3.68. The van der Waals surface area contributed by atoms with Crippen LogP contribution in [0.25, 0.3) is 100 Å². The molecule has 1 aliphatic carbocycles. The highest BCUT2D eigenvalue weighted by atomic mass is 15.0. The van der Waals surface area contributed by atoms with Gasteiger partial charge in [-0.2, -0.15) is 0 Å². The van der Waals surface area contributed by atoms with Gasteiger partial charge in [0.15, 0.2) is 17.5 Å². The first-order chi connectivity index (χ1) is 28.2. The molecule has 10 aromatic rings. The molecule has 0 saturated heterocycles. The third-order valence-electron chi connectivity index (χ3n) is 11.4.